The molecule has 0 aliphatic rings. The van der Waals surface area contributed by atoms with Crippen LogP contribution >= 0.6 is 12.4 Å². The normalized spacial score (nSPS) is 9.93. The van der Waals surface area contributed by atoms with Crippen molar-refractivity contribution in [3.05, 3.63) is 23.8 Å². The highest BCUT2D eigenvalue weighted by atomic mass is 35.5. The SMILES string of the molecule is CC(C)(C)c1cccc(O)c1O.Cl.N. The first-order chi connectivity index (χ1) is 5.43. The Bertz CT molecular complexity index is 295. The Morgan fingerprint density at radius 3 is 1.93 bits per heavy atom. The first kappa shape index (κ1) is 15.5. The third kappa shape index (κ3) is 3.09. The van der Waals surface area contributed by atoms with Crippen LogP contribution in [0.1, 0.15) is 26.3 Å². The molecule has 0 fully saturated rings. The van der Waals surface area contributed by atoms with Crippen molar-refractivity contribution in [2.75, 3.05) is 0 Å². The number of para-hydroxylation sites is 1. The largest absolute Gasteiger partial charge is 0.504 e. The molecule has 0 aliphatic carbocycles. The van der Waals surface area contributed by atoms with E-state index in [9.17, 15) is 10.2 Å². The Morgan fingerprint density at radius 1 is 1.07 bits per heavy atom. The van der Waals surface area contributed by atoms with Crippen LogP contribution in [0.3, 0.4) is 0 Å². The number of benzene rings is 1. The van der Waals surface area contributed by atoms with Crippen molar-refractivity contribution >= 4 is 12.4 Å². The Morgan fingerprint density at radius 2 is 1.57 bits per heavy atom. The highest BCUT2D eigenvalue weighted by molar-refractivity contribution is 5.85. The van der Waals surface area contributed by atoms with E-state index < -0.39 is 0 Å². The third-order valence-electron chi connectivity index (χ3n) is 1.82. The van der Waals surface area contributed by atoms with Crippen molar-refractivity contribution in [3.63, 3.8) is 0 Å². The minimum Gasteiger partial charge on any atom is -0.504 e. The fourth-order valence-electron chi connectivity index (χ4n) is 1.14. The number of phenolic OH excluding ortho intramolecular Hbond substituents is 2. The molecule has 0 spiro atoms. The fraction of sp³-hybridized carbons (Fsp3) is 0.400. The lowest BCUT2D eigenvalue weighted by atomic mass is 9.86. The Balaban J connectivity index is 0. The lowest BCUT2D eigenvalue weighted by Gasteiger charge is -2.20. The monoisotopic (exact) mass is 219 g/mol. The molecule has 14 heavy (non-hydrogen) atoms. The van der Waals surface area contributed by atoms with Crippen LogP contribution in [0.4, 0.5) is 0 Å². The number of rotatable bonds is 0. The average Bonchev–Trinajstić information content (AvgIpc) is 1.92. The molecule has 0 unspecified atom stereocenters. The van der Waals surface area contributed by atoms with Gasteiger partial charge in [0.2, 0.25) is 0 Å². The van der Waals surface area contributed by atoms with Crippen molar-refractivity contribution in [2.45, 2.75) is 26.2 Å². The summed E-state index contributed by atoms with van der Waals surface area (Å²) in [5.74, 6) is -0.0626. The van der Waals surface area contributed by atoms with E-state index in [-0.39, 0.29) is 35.5 Å². The fourth-order valence-corrected chi connectivity index (χ4v) is 1.14. The number of phenols is 2. The summed E-state index contributed by atoms with van der Waals surface area (Å²) in [6.07, 6.45) is 0. The van der Waals surface area contributed by atoms with E-state index in [1.807, 2.05) is 26.8 Å². The molecule has 5 N–H and O–H groups in total. The Kier molecular flexibility index (Phi) is 5.63. The summed E-state index contributed by atoms with van der Waals surface area (Å²) in [6, 6.07) is 5.02. The molecule has 0 radical (unpaired) electrons. The molecule has 82 valence electrons. The number of aromatic hydroxyl groups is 2. The zero-order chi connectivity index (χ0) is 9.35. The van der Waals surface area contributed by atoms with Gasteiger partial charge < -0.3 is 16.4 Å². The van der Waals surface area contributed by atoms with Gasteiger partial charge in [0, 0.05) is 5.56 Å². The minimum absolute atomic E-state index is 0. The van der Waals surface area contributed by atoms with E-state index in [0.29, 0.717) is 0 Å². The number of hydrogen-bond donors (Lipinski definition) is 3. The van der Waals surface area contributed by atoms with Crippen LogP contribution in [0.25, 0.3) is 0 Å². The van der Waals surface area contributed by atoms with Gasteiger partial charge in [-0.1, -0.05) is 32.9 Å². The van der Waals surface area contributed by atoms with Crippen LogP contribution in [0.5, 0.6) is 11.5 Å². The molecule has 0 bridgehead atoms. The zero-order valence-electron chi connectivity index (χ0n) is 8.74. The topological polar surface area (TPSA) is 75.5 Å². The van der Waals surface area contributed by atoms with Crippen LogP contribution in [0.2, 0.25) is 0 Å². The van der Waals surface area contributed by atoms with E-state index in [4.69, 9.17) is 0 Å². The van der Waals surface area contributed by atoms with Gasteiger partial charge in [-0.05, 0) is 11.5 Å². The van der Waals surface area contributed by atoms with E-state index in [1.165, 1.54) is 6.07 Å². The van der Waals surface area contributed by atoms with Crippen LogP contribution in [-0.2, 0) is 5.41 Å². The summed E-state index contributed by atoms with van der Waals surface area (Å²) in [7, 11) is 0. The summed E-state index contributed by atoms with van der Waals surface area (Å²) >= 11 is 0. The van der Waals surface area contributed by atoms with Crippen molar-refractivity contribution in [1.82, 2.24) is 6.15 Å². The second-order valence-corrected chi connectivity index (χ2v) is 3.92. The highest BCUT2D eigenvalue weighted by Crippen LogP contribution is 2.36. The second kappa shape index (κ2) is 5.08. The van der Waals surface area contributed by atoms with Crippen LogP contribution < -0.4 is 6.15 Å². The molecule has 0 amide bonds. The van der Waals surface area contributed by atoms with Crippen molar-refractivity contribution < 1.29 is 10.2 Å². The first-order valence-electron chi connectivity index (χ1n) is 3.94. The van der Waals surface area contributed by atoms with Crippen molar-refractivity contribution in [1.29, 1.82) is 0 Å². The predicted octanol–water partition coefficient (Wildman–Crippen LogP) is 2.98. The molecule has 0 atom stereocenters. The van der Waals surface area contributed by atoms with Gasteiger partial charge in [0.1, 0.15) is 0 Å². The highest BCUT2D eigenvalue weighted by Gasteiger charge is 2.19. The van der Waals surface area contributed by atoms with Gasteiger partial charge in [0.15, 0.2) is 11.5 Å². The van der Waals surface area contributed by atoms with E-state index in [1.54, 1.807) is 6.07 Å². The molecule has 0 saturated carbocycles. The van der Waals surface area contributed by atoms with Gasteiger partial charge in [-0.25, -0.2) is 0 Å². The second-order valence-electron chi connectivity index (χ2n) is 3.92. The number of hydrogen-bond acceptors (Lipinski definition) is 3. The summed E-state index contributed by atoms with van der Waals surface area (Å²) in [5, 5.41) is 18.7. The van der Waals surface area contributed by atoms with Gasteiger partial charge >= 0.3 is 0 Å². The number of halogens is 1. The molecule has 4 heteroatoms. The maximum Gasteiger partial charge on any atom is 0.161 e. The van der Waals surface area contributed by atoms with Gasteiger partial charge in [-0.15, -0.1) is 12.4 Å². The Labute approximate surface area is 90.8 Å². The molecular formula is C10H18ClNO2. The van der Waals surface area contributed by atoms with E-state index >= 15 is 0 Å². The molecule has 0 aromatic heterocycles. The van der Waals surface area contributed by atoms with Gasteiger partial charge in [0.05, 0.1) is 0 Å². The lowest BCUT2D eigenvalue weighted by molar-refractivity contribution is 0.389. The lowest BCUT2D eigenvalue weighted by Crippen LogP contribution is -2.10. The first-order valence-corrected chi connectivity index (χ1v) is 3.94. The molecule has 0 heterocycles. The van der Waals surface area contributed by atoms with Crippen molar-refractivity contribution in [3.8, 4) is 11.5 Å². The molecule has 0 saturated heterocycles. The standard InChI is InChI=1S/C10H14O2.ClH.H3N/c1-10(2,3)7-5-4-6-8(11)9(7)12;;/h4-6,11-12H,1-3H3;1H;1H3. The Hall–Kier alpha value is -0.930. The summed E-state index contributed by atoms with van der Waals surface area (Å²) < 4.78 is 0. The predicted molar refractivity (Wildman–Crippen MR) is 60.7 cm³/mol. The molecular weight excluding hydrogens is 202 g/mol. The minimum atomic E-state index is -0.136. The quantitative estimate of drug-likeness (QED) is 0.588. The summed E-state index contributed by atoms with van der Waals surface area (Å²) in [6.45, 7) is 5.96. The third-order valence-corrected chi connectivity index (χ3v) is 1.82. The van der Waals surface area contributed by atoms with E-state index in [0.717, 1.165) is 5.56 Å². The smallest absolute Gasteiger partial charge is 0.161 e. The van der Waals surface area contributed by atoms with Crippen molar-refractivity contribution in [2.24, 2.45) is 0 Å². The van der Waals surface area contributed by atoms with Crippen LogP contribution in [0, 0.1) is 0 Å². The maximum atomic E-state index is 9.48. The summed E-state index contributed by atoms with van der Waals surface area (Å²) in [5.41, 5.74) is 0.630. The molecule has 3 nitrogen and oxygen atoms in total. The zero-order valence-corrected chi connectivity index (χ0v) is 9.56. The maximum absolute atomic E-state index is 9.48. The summed E-state index contributed by atoms with van der Waals surface area (Å²) in [4.78, 5) is 0. The van der Waals surface area contributed by atoms with Crippen LogP contribution in [0.15, 0.2) is 18.2 Å². The molecule has 1 aromatic rings. The van der Waals surface area contributed by atoms with Crippen LogP contribution in [-0.4, -0.2) is 10.2 Å². The molecule has 0 aliphatic heterocycles. The molecule has 1 aromatic carbocycles. The van der Waals surface area contributed by atoms with E-state index in [2.05, 4.69) is 0 Å². The molecule has 1 rings (SSSR count). The van der Waals surface area contributed by atoms with Gasteiger partial charge in [-0.3, -0.25) is 0 Å². The van der Waals surface area contributed by atoms with Gasteiger partial charge in [0.25, 0.3) is 0 Å². The van der Waals surface area contributed by atoms with Gasteiger partial charge in [-0.2, -0.15) is 0 Å². The average molecular weight is 220 g/mol.